The molecule has 2 aromatic heterocycles. The fourth-order valence-corrected chi connectivity index (χ4v) is 11.3. The van der Waals surface area contributed by atoms with Gasteiger partial charge in [0.25, 0.3) is 0 Å². The Balaban J connectivity index is 0.942. The van der Waals surface area contributed by atoms with Crippen LogP contribution in [0.5, 0.6) is 0 Å². The van der Waals surface area contributed by atoms with Crippen LogP contribution in [0, 0.1) is 0 Å². The van der Waals surface area contributed by atoms with E-state index in [-0.39, 0.29) is 0 Å². The maximum atomic E-state index is 2.39. The summed E-state index contributed by atoms with van der Waals surface area (Å²) < 4.78 is 4.78. The first-order valence-corrected chi connectivity index (χ1v) is 25.5. The predicted octanol–water partition coefficient (Wildman–Crippen LogP) is 19.5. The second kappa shape index (κ2) is 18.1. The highest BCUT2D eigenvalue weighted by Crippen LogP contribution is 2.41. The zero-order chi connectivity index (χ0) is 49.0. The van der Waals surface area contributed by atoms with Crippen LogP contribution in [0.4, 0.5) is 0 Å². The Bertz CT molecular complexity index is 4000. The topological polar surface area (TPSA) is 9.86 Å². The van der Waals surface area contributed by atoms with Crippen LogP contribution in [0.25, 0.3) is 133 Å². The van der Waals surface area contributed by atoms with Gasteiger partial charge in [0.15, 0.2) is 0 Å². The van der Waals surface area contributed by atoms with Gasteiger partial charge in [0, 0.05) is 32.9 Å². The average molecular weight is 941 g/mol. The van der Waals surface area contributed by atoms with E-state index in [4.69, 9.17) is 0 Å². The third-order valence-corrected chi connectivity index (χ3v) is 14.9. The van der Waals surface area contributed by atoms with Crippen LogP contribution in [0.2, 0.25) is 0 Å². The molecule has 0 N–H and O–H groups in total. The van der Waals surface area contributed by atoms with Crippen LogP contribution in [-0.4, -0.2) is 9.13 Å². The lowest BCUT2D eigenvalue weighted by atomic mass is 9.89. The highest BCUT2D eigenvalue weighted by Gasteiger charge is 2.17. The van der Waals surface area contributed by atoms with Gasteiger partial charge in [0.2, 0.25) is 0 Å². The SMILES string of the molecule is c1ccc(-c2cccc(-c3cc(-c4cccc(-c5ccccc5)c4)cc(-c4cc(-c5ccc(-n6c7ccccc7c7ccccc76)cc5)cc(-c5ccc(-n6c7ccccc7c7ccccc76)cc5)c4)c3)c2)cc1. The van der Waals surface area contributed by atoms with Crippen LogP contribution in [0.1, 0.15) is 0 Å². The summed E-state index contributed by atoms with van der Waals surface area (Å²) in [5, 5.41) is 5.03. The summed E-state index contributed by atoms with van der Waals surface area (Å²) in [6.07, 6.45) is 0. The molecule has 2 heteroatoms. The first-order chi connectivity index (χ1) is 36.7. The molecule has 12 aromatic carbocycles. The summed E-state index contributed by atoms with van der Waals surface area (Å²) in [5.74, 6) is 0. The molecule has 0 aliphatic rings. The Labute approximate surface area is 431 Å². The molecule has 0 atom stereocenters. The van der Waals surface area contributed by atoms with Gasteiger partial charge >= 0.3 is 0 Å². The van der Waals surface area contributed by atoms with E-state index in [1.807, 2.05) is 0 Å². The zero-order valence-corrected chi connectivity index (χ0v) is 40.6. The molecule has 0 saturated heterocycles. The Morgan fingerprint density at radius 3 is 0.689 bits per heavy atom. The molecule has 0 fully saturated rings. The van der Waals surface area contributed by atoms with Gasteiger partial charge in [-0.1, -0.05) is 194 Å². The lowest BCUT2D eigenvalue weighted by Gasteiger charge is -2.16. The Kier molecular flexibility index (Phi) is 10.6. The van der Waals surface area contributed by atoms with E-state index in [1.165, 1.54) is 88.1 Å². The van der Waals surface area contributed by atoms with Crippen molar-refractivity contribution in [2.24, 2.45) is 0 Å². The molecule has 0 radical (unpaired) electrons. The monoisotopic (exact) mass is 940 g/mol. The number of hydrogen-bond donors (Lipinski definition) is 0. The predicted molar refractivity (Wildman–Crippen MR) is 313 cm³/mol. The number of fused-ring (bicyclic) bond motifs is 6. The Morgan fingerprint density at radius 2 is 0.365 bits per heavy atom. The Morgan fingerprint density at radius 1 is 0.149 bits per heavy atom. The van der Waals surface area contributed by atoms with Crippen molar-refractivity contribution in [1.82, 2.24) is 9.13 Å². The number of hydrogen-bond acceptors (Lipinski definition) is 0. The highest BCUT2D eigenvalue weighted by atomic mass is 15.0. The molecule has 0 aliphatic carbocycles. The van der Waals surface area contributed by atoms with Gasteiger partial charge in [-0.05, 0) is 175 Å². The van der Waals surface area contributed by atoms with Crippen LogP contribution in [0.15, 0.2) is 291 Å². The molecule has 0 saturated carbocycles. The zero-order valence-electron chi connectivity index (χ0n) is 40.6. The number of para-hydroxylation sites is 4. The molecule has 14 aromatic rings. The van der Waals surface area contributed by atoms with Crippen molar-refractivity contribution in [2.75, 3.05) is 0 Å². The van der Waals surface area contributed by atoms with Gasteiger partial charge in [-0.25, -0.2) is 0 Å². The lowest BCUT2D eigenvalue weighted by molar-refractivity contribution is 1.18. The number of nitrogens with zero attached hydrogens (tertiary/aromatic N) is 2. The smallest absolute Gasteiger partial charge is 0.0541 e. The average Bonchev–Trinajstić information content (AvgIpc) is 4.01. The molecule has 74 heavy (non-hydrogen) atoms. The minimum atomic E-state index is 1.14. The van der Waals surface area contributed by atoms with Crippen molar-refractivity contribution in [3.63, 3.8) is 0 Å². The molecule has 0 unspecified atom stereocenters. The normalized spacial score (nSPS) is 11.5. The summed E-state index contributed by atoms with van der Waals surface area (Å²) >= 11 is 0. The fraction of sp³-hybridized carbons (Fsp3) is 0. The van der Waals surface area contributed by atoms with E-state index in [9.17, 15) is 0 Å². The van der Waals surface area contributed by atoms with Crippen LogP contribution in [-0.2, 0) is 0 Å². The molecule has 2 nitrogen and oxygen atoms in total. The molecule has 14 rings (SSSR count). The van der Waals surface area contributed by atoms with Crippen LogP contribution in [0.3, 0.4) is 0 Å². The summed E-state index contributed by atoms with van der Waals surface area (Å²) in [4.78, 5) is 0. The largest absolute Gasteiger partial charge is 0.309 e. The first kappa shape index (κ1) is 43.1. The third-order valence-electron chi connectivity index (χ3n) is 14.9. The highest BCUT2D eigenvalue weighted by molar-refractivity contribution is 6.10. The second-order valence-electron chi connectivity index (χ2n) is 19.3. The quantitative estimate of drug-likeness (QED) is 0.136. The number of aromatic nitrogens is 2. The van der Waals surface area contributed by atoms with E-state index in [2.05, 4.69) is 300 Å². The summed E-state index contributed by atoms with van der Waals surface area (Å²) in [6, 6.07) is 107. The van der Waals surface area contributed by atoms with E-state index in [0.29, 0.717) is 0 Å². The molecule has 0 aliphatic heterocycles. The van der Waals surface area contributed by atoms with Crippen molar-refractivity contribution in [3.05, 3.63) is 291 Å². The third kappa shape index (κ3) is 7.69. The molecule has 2 heterocycles. The maximum Gasteiger partial charge on any atom is 0.0541 e. The van der Waals surface area contributed by atoms with Crippen LogP contribution >= 0.6 is 0 Å². The van der Waals surface area contributed by atoms with Gasteiger partial charge in [-0.15, -0.1) is 0 Å². The fourth-order valence-electron chi connectivity index (χ4n) is 11.3. The Hall–Kier alpha value is -9.76. The van der Waals surface area contributed by atoms with Crippen molar-refractivity contribution in [1.29, 1.82) is 0 Å². The van der Waals surface area contributed by atoms with E-state index in [0.717, 1.165) is 44.8 Å². The van der Waals surface area contributed by atoms with Crippen molar-refractivity contribution in [3.8, 4) is 89.3 Å². The van der Waals surface area contributed by atoms with Gasteiger partial charge in [-0.3, -0.25) is 0 Å². The summed E-state index contributed by atoms with van der Waals surface area (Å²) in [6.45, 7) is 0. The minimum absolute atomic E-state index is 1.14. The maximum absolute atomic E-state index is 2.39. The van der Waals surface area contributed by atoms with Gasteiger partial charge in [0.05, 0.1) is 22.1 Å². The number of benzene rings is 12. The standard InChI is InChI=1S/C72H48N2/c1-3-17-49(18-4-1)53-21-15-23-55(41-53)59-46-60(56-24-16-22-54(42-56)50-19-5-2-6-20-50)48-62(47-59)61-44-57(51-33-37-63(38-34-51)73-69-29-11-7-25-65(69)66-26-8-12-30-70(66)73)43-58(45-61)52-35-39-64(40-36-52)74-71-31-13-9-27-67(71)68-28-10-14-32-72(68)74/h1-48H. The van der Waals surface area contributed by atoms with Crippen molar-refractivity contribution < 1.29 is 0 Å². The van der Waals surface area contributed by atoms with Crippen molar-refractivity contribution in [2.45, 2.75) is 0 Å². The molecular formula is C72H48N2. The number of rotatable bonds is 9. The van der Waals surface area contributed by atoms with Gasteiger partial charge < -0.3 is 9.13 Å². The van der Waals surface area contributed by atoms with Gasteiger partial charge in [0.1, 0.15) is 0 Å². The van der Waals surface area contributed by atoms with E-state index in [1.54, 1.807) is 0 Å². The molecule has 0 amide bonds. The summed E-state index contributed by atoms with van der Waals surface area (Å²) in [5.41, 5.74) is 23.5. The lowest BCUT2D eigenvalue weighted by Crippen LogP contribution is -1.94. The van der Waals surface area contributed by atoms with E-state index < -0.39 is 0 Å². The van der Waals surface area contributed by atoms with Crippen molar-refractivity contribution >= 4 is 43.6 Å². The minimum Gasteiger partial charge on any atom is -0.309 e. The molecule has 0 spiro atoms. The molecular weight excluding hydrogens is 893 g/mol. The van der Waals surface area contributed by atoms with E-state index >= 15 is 0 Å². The van der Waals surface area contributed by atoms with Gasteiger partial charge in [-0.2, -0.15) is 0 Å². The van der Waals surface area contributed by atoms with Crippen LogP contribution < -0.4 is 0 Å². The first-order valence-electron chi connectivity index (χ1n) is 25.5. The summed E-state index contributed by atoms with van der Waals surface area (Å²) in [7, 11) is 0. The molecule has 0 bridgehead atoms. The second-order valence-corrected chi connectivity index (χ2v) is 19.3. The molecule has 346 valence electrons.